The second kappa shape index (κ2) is 10.9. The van der Waals surface area contributed by atoms with Crippen LogP contribution in [0.4, 0.5) is 0 Å². The van der Waals surface area contributed by atoms with Crippen molar-refractivity contribution < 1.29 is 28.9 Å². The third-order valence-electron chi connectivity index (χ3n) is 7.01. The average Bonchev–Trinajstić information content (AvgIpc) is 3.49. The standard InChI is InChI=1S/C31H30N2O6/c1-4-39-21-11-9-19(10-12-21)29(34)27-28(24-14-13-22(37-2)17-26(24)38-3)33(31(36)30(27)35)16-15-20-18-32-25-8-6-5-7-23(20)25/h5-14,17-18,28,32,34H,4,15-16H2,1-3H3/t28-/m0/s1. The molecule has 0 saturated carbocycles. The number of hydrogen-bond acceptors (Lipinski definition) is 6. The zero-order valence-corrected chi connectivity index (χ0v) is 22.1. The third-order valence-corrected chi connectivity index (χ3v) is 7.01. The summed E-state index contributed by atoms with van der Waals surface area (Å²) in [6, 6.07) is 19.0. The van der Waals surface area contributed by atoms with Crippen molar-refractivity contribution in [1.82, 2.24) is 9.88 Å². The molecule has 1 atom stereocenters. The first-order valence-corrected chi connectivity index (χ1v) is 12.7. The van der Waals surface area contributed by atoms with Crippen molar-refractivity contribution >= 4 is 28.4 Å². The van der Waals surface area contributed by atoms with Crippen LogP contribution in [0.1, 0.15) is 29.7 Å². The van der Waals surface area contributed by atoms with Gasteiger partial charge in [0.25, 0.3) is 11.7 Å². The highest BCUT2D eigenvalue weighted by Crippen LogP contribution is 2.44. The molecular weight excluding hydrogens is 496 g/mol. The Bertz CT molecular complexity index is 1550. The first-order valence-electron chi connectivity index (χ1n) is 12.7. The van der Waals surface area contributed by atoms with Crippen LogP contribution >= 0.6 is 0 Å². The number of amides is 1. The number of methoxy groups -OCH3 is 2. The predicted molar refractivity (Wildman–Crippen MR) is 148 cm³/mol. The van der Waals surface area contributed by atoms with Gasteiger partial charge in [-0.1, -0.05) is 18.2 Å². The summed E-state index contributed by atoms with van der Waals surface area (Å²) in [6.07, 6.45) is 2.43. The number of ketones is 1. The zero-order chi connectivity index (χ0) is 27.5. The number of aliphatic hydroxyl groups excluding tert-OH is 1. The molecule has 0 aliphatic carbocycles. The lowest BCUT2D eigenvalue weighted by Crippen LogP contribution is -2.31. The maximum absolute atomic E-state index is 13.5. The quantitative estimate of drug-likeness (QED) is 0.176. The largest absolute Gasteiger partial charge is 0.507 e. The number of para-hydroxylation sites is 1. The average molecular weight is 527 g/mol. The minimum atomic E-state index is -0.859. The monoisotopic (exact) mass is 526 g/mol. The summed E-state index contributed by atoms with van der Waals surface area (Å²) in [5.41, 5.74) is 3.01. The Morgan fingerprint density at radius 3 is 2.44 bits per heavy atom. The van der Waals surface area contributed by atoms with Gasteiger partial charge in [-0.2, -0.15) is 0 Å². The fourth-order valence-corrected chi connectivity index (χ4v) is 5.09. The summed E-state index contributed by atoms with van der Waals surface area (Å²) in [7, 11) is 3.07. The molecule has 4 aromatic rings. The summed E-state index contributed by atoms with van der Waals surface area (Å²) in [5, 5.41) is 12.5. The number of carbonyl (C=O) groups excluding carboxylic acids is 2. The number of aromatic amines is 1. The number of aromatic nitrogens is 1. The van der Waals surface area contributed by atoms with E-state index in [1.165, 1.54) is 12.0 Å². The molecule has 200 valence electrons. The molecule has 0 bridgehead atoms. The Labute approximate surface area is 226 Å². The van der Waals surface area contributed by atoms with Gasteiger partial charge in [0.1, 0.15) is 23.0 Å². The highest BCUT2D eigenvalue weighted by atomic mass is 16.5. The lowest BCUT2D eigenvalue weighted by atomic mass is 9.94. The number of nitrogens with zero attached hydrogens (tertiary/aromatic N) is 1. The Morgan fingerprint density at radius 2 is 1.72 bits per heavy atom. The Balaban J connectivity index is 1.59. The number of fused-ring (bicyclic) bond motifs is 1. The first-order chi connectivity index (χ1) is 19.0. The Morgan fingerprint density at radius 1 is 0.974 bits per heavy atom. The van der Waals surface area contributed by atoms with Crippen LogP contribution in [0.3, 0.4) is 0 Å². The minimum absolute atomic E-state index is 0.00607. The van der Waals surface area contributed by atoms with Crippen LogP contribution in [0, 0.1) is 0 Å². The van der Waals surface area contributed by atoms with Gasteiger partial charge in [-0.25, -0.2) is 0 Å². The molecule has 39 heavy (non-hydrogen) atoms. The molecule has 0 radical (unpaired) electrons. The lowest BCUT2D eigenvalue weighted by Gasteiger charge is -2.27. The molecule has 0 spiro atoms. The predicted octanol–water partition coefficient (Wildman–Crippen LogP) is 5.25. The summed E-state index contributed by atoms with van der Waals surface area (Å²) in [4.78, 5) is 31.7. The molecule has 2 heterocycles. The van der Waals surface area contributed by atoms with Gasteiger partial charge in [-0.3, -0.25) is 9.59 Å². The summed E-state index contributed by atoms with van der Waals surface area (Å²) >= 11 is 0. The zero-order valence-electron chi connectivity index (χ0n) is 22.1. The number of aliphatic hydroxyl groups is 1. The molecule has 8 heteroatoms. The second-order valence-corrected chi connectivity index (χ2v) is 9.17. The molecule has 1 amide bonds. The third kappa shape index (κ3) is 4.81. The molecule has 8 nitrogen and oxygen atoms in total. The Kier molecular flexibility index (Phi) is 7.27. The molecular formula is C31H30N2O6. The number of H-pyrrole nitrogens is 1. The van der Waals surface area contributed by atoms with Crippen molar-refractivity contribution in [2.45, 2.75) is 19.4 Å². The molecule has 1 saturated heterocycles. The van der Waals surface area contributed by atoms with Crippen molar-refractivity contribution in [1.29, 1.82) is 0 Å². The second-order valence-electron chi connectivity index (χ2n) is 9.17. The van der Waals surface area contributed by atoms with Crippen LogP contribution in [0.5, 0.6) is 17.2 Å². The van der Waals surface area contributed by atoms with E-state index in [1.54, 1.807) is 49.6 Å². The smallest absolute Gasteiger partial charge is 0.295 e. The number of rotatable bonds is 9. The molecule has 0 unspecified atom stereocenters. The van der Waals surface area contributed by atoms with Gasteiger partial charge < -0.3 is 29.2 Å². The van der Waals surface area contributed by atoms with Crippen LogP contribution < -0.4 is 14.2 Å². The van der Waals surface area contributed by atoms with E-state index in [2.05, 4.69) is 4.98 Å². The number of carbonyl (C=O) groups is 2. The molecule has 1 aromatic heterocycles. The van der Waals surface area contributed by atoms with E-state index in [4.69, 9.17) is 14.2 Å². The summed E-state index contributed by atoms with van der Waals surface area (Å²) < 4.78 is 16.5. The normalized spacial score (nSPS) is 16.6. The van der Waals surface area contributed by atoms with Crippen molar-refractivity contribution in [3.8, 4) is 17.2 Å². The van der Waals surface area contributed by atoms with Crippen LogP contribution in [0.2, 0.25) is 0 Å². The number of benzene rings is 3. The SMILES string of the molecule is CCOc1ccc(C(O)=C2C(=O)C(=O)N(CCc3c[nH]c4ccccc34)[C@H]2c2ccc(OC)cc2OC)cc1. The van der Waals surface area contributed by atoms with E-state index in [0.29, 0.717) is 41.4 Å². The van der Waals surface area contributed by atoms with Crippen LogP contribution in [-0.4, -0.2) is 54.1 Å². The fourth-order valence-electron chi connectivity index (χ4n) is 5.09. The van der Waals surface area contributed by atoms with Crippen molar-refractivity contribution in [2.75, 3.05) is 27.4 Å². The van der Waals surface area contributed by atoms with Gasteiger partial charge in [-0.05, 0) is 61.4 Å². The number of hydrogen-bond donors (Lipinski definition) is 2. The number of ether oxygens (including phenoxy) is 3. The van der Waals surface area contributed by atoms with E-state index >= 15 is 0 Å². The molecule has 3 aromatic carbocycles. The van der Waals surface area contributed by atoms with Gasteiger partial charge in [-0.15, -0.1) is 0 Å². The maximum Gasteiger partial charge on any atom is 0.295 e. The lowest BCUT2D eigenvalue weighted by molar-refractivity contribution is -0.139. The van der Waals surface area contributed by atoms with Crippen LogP contribution in [0.15, 0.2) is 78.5 Å². The minimum Gasteiger partial charge on any atom is -0.507 e. The van der Waals surface area contributed by atoms with Crippen molar-refractivity contribution in [3.05, 3.63) is 95.2 Å². The van der Waals surface area contributed by atoms with Gasteiger partial charge in [0, 0.05) is 40.8 Å². The van der Waals surface area contributed by atoms with E-state index in [-0.39, 0.29) is 17.9 Å². The molecule has 5 rings (SSSR count). The fraction of sp³-hybridized carbons (Fsp3) is 0.226. The van der Waals surface area contributed by atoms with Gasteiger partial charge >= 0.3 is 0 Å². The summed E-state index contributed by atoms with van der Waals surface area (Å²) in [6.45, 7) is 2.64. The number of Topliss-reactive ketones (excluding diaryl/α,β-unsaturated/α-hetero) is 1. The van der Waals surface area contributed by atoms with Crippen LogP contribution in [0.25, 0.3) is 16.7 Å². The Hall–Kier alpha value is -4.72. The van der Waals surface area contributed by atoms with Gasteiger partial charge in [0.2, 0.25) is 0 Å². The molecule has 1 fully saturated rings. The van der Waals surface area contributed by atoms with Gasteiger partial charge in [0.15, 0.2) is 0 Å². The molecule has 1 aliphatic rings. The number of likely N-dealkylation sites (tertiary alicyclic amines) is 1. The van der Waals surface area contributed by atoms with Crippen LogP contribution in [-0.2, 0) is 16.0 Å². The van der Waals surface area contributed by atoms with Crippen molar-refractivity contribution in [3.63, 3.8) is 0 Å². The topological polar surface area (TPSA) is 101 Å². The first kappa shape index (κ1) is 25.9. The van der Waals surface area contributed by atoms with Crippen molar-refractivity contribution in [2.24, 2.45) is 0 Å². The van der Waals surface area contributed by atoms with E-state index in [1.807, 2.05) is 37.4 Å². The highest BCUT2D eigenvalue weighted by molar-refractivity contribution is 6.46. The molecule has 1 aliphatic heterocycles. The highest BCUT2D eigenvalue weighted by Gasteiger charge is 2.47. The summed E-state index contributed by atoms with van der Waals surface area (Å²) in [5.74, 6) is -0.0300. The number of nitrogens with one attached hydrogen (secondary N) is 1. The van der Waals surface area contributed by atoms with E-state index < -0.39 is 17.7 Å². The van der Waals surface area contributed by atoms with E-state index in [0.717, 1.165) is 16.5 Å². The maximum atomic E-state index is 13.5. The van der Waals surface area contributed by atoms with E-state index in [9.17, 15) is 14.7 Å². The van der Waals surface area contributed by atoms with Gasteiger partial charge in [0.05, 0.1) is 32.4 Å². The molecule has 2 N–H and O–H groups in total.